The van der Waals surface area contributed by atoms with Crippen LogP contribution in [0.25, 0.3) is 0 Å². The molecule has 0 amide bonds. The number of hydrogen-bond donors (Lipinski definition) is 1. The van der Waals surface area contributed by atoms with Gasteiger partial charge in [-0.2, -0.15) is 4.39 Å². The molecule has 0 saturated carbocycles. The first-order chi connectivity index (χ1) is 6.61. The van der Waals surface area contributed by atoms with Gasteiger partial charge in [-0.25, -0.2) is 4.79 Å². The molecule has 1 N–H and O–H groups in total. The van der Waals surface area contributed by atoms with Gasteiger partial charge in [0.15, 0.2) is 11.5 Å². The quantitative estimate of drug-likeness (QED) is 0.804. The van der Waals surface area contributed by atoms with Crippen molar-refractivity contribution in [1.82, 2.24) is 0 Å². The molecular weight excluding hydrogens is 191 g/mol. The van der Waals surface area contributed by atoms with Crippen LogP contribution in [-0.4, -0.2) is 25.3 Å². The molecule has 1 aromatic rings. The van der Waals surface area contributed by atoms with Crippen LogP contribution in [0.4, 0.5) is 4.39 Å². The molecule has 0 radical (unpaired) electrons. The molecule has 0 aliphatic rings. The number of carboxylic acids is 1. The van der Waals surface area contributed by atoms with Crippen LogP contribution in [0.2, 0.25) is 0 Å². The second-order valence-corrected chi connectivity index (χ2v) is 2.47. The first kappa shape index (κ1) is 10.3. The summed E-state index contributed by atoms with van der Waals surface area (Å²) in [5, 5.41) is 8.70. The molecule has 0 saturated heterocycles. The number of aromatic carboxylic acids is 1. The van der Waals surface area contributed by atoms with Crippen LogP contribution in [0.1, 0.15) is 10.4 Å². The largest absolute Gasteiger partial charge is 0.494 e. The number of hydrogen-bond acceptors (Lipinski definition) is 3. The third kappa shape index (κ3) is 1.61. The maximum atomic E-state index is 13.4. The van der Waals surface area contributed by atoms with Gasteiger partial charge in [0.25, 0.3) is 0 Å². The standard InChI is InChI=1S/C9H9FO4/c1-13-6-4-3-5(9(11)12)8(14-2)7(6)10/h3-4H,1-2H3,(H,11,12). The Morgan fingerprint density at radius 3 is 2.43 bits per heavy atom. The monoisotopic (exact) mass is 200 g/mol. The smallest absolute Gasteiger partial charge is 0.339 e. The molecule has 5 heteroatoms. The summed E-state index contributed by atoms with van der Waals surface area (Å²) < 4.78 is 22.7. The maximum absolute atomic E-state index is 13.4. The third-order valence-electron chi connectivity index (χ3n) is 1.72. The zero-order valence-corrected chi connectivity index (χ0v) is 7.70. The first-order valence-corrected chi connectivity index (χ1v) is 3.75. The average Bonchev–Trinajstić information content (AvgIpc) is 2.17. The minimum atomic E-state index is -1.25. The van der Waals surface area contributed by atoms with Gasteiger partial charge >= 0.3 is 5.97 Å². The van der Waals surface area contributed by atoms with Crippen LogP contribution in [0.3, 0.4) is 0 Å². The van der Waals surface area contributed by atoms with Crippen molar-refractivity contribution in [3.05, 3.63) is 23.5 Å². The van der Waals surface area contributed by atoms with Crippen molar-refractivity contribution >= 4 is 5.97 Å². The number of carbonyl (C=O) groups is 1. The number of ether oxygens (including phenoxy) is 2. The van der Waals surface area contributed by atoms with Gasteiger partial charge in [0, 0.05) is 0 Å². The van der Waals surface area contributed by atoms with Gasteiger partial charge in [-0.3, -0.25) is 0 Å². The fourth-order valence-electron chi connectivity index (χ4n) is 1.06. The van der Waals surface area contributed by atoms with E-state index in [1.165, 1.54) is 26.4 Å². The molecule has 0 aliphatic carbocycles. The van der Waals surface area contributed by atoms with Crippen LogP contribution in [0, 0.1) is 5.82 Å². The SMILES string of the molecule is COc1ccc(C(=O)O)c(OC)c1F. The Hall–Kier alpha value is -1.78. The third-order valence-corrected chi connectivity index (χ3v) is 1.72. The van der Waals surface area contributed by atoms with Crippen molar-refractivity contribution in [2.45, 2.75) is 0 Å². The molecule has 4 nitrogen and oxygen atoms in total. The molecule has 0 fully saturated rings. The van der Waals surface area contributed by atoms with Crippen molar-refractivity contribution in [3.63, 3.8) is 0 Å². The van der Waals surface area contributed by atoms with Gasteiger partial charge in [0.1, 0.15) is 5.56 Å². The van der Waals surface area contributed by atoms with Gasteiger partial charge in [-0.05, 0) is 12.1 Å². The Kier molecular flexibility index (Phi) is 2.91. The summed E-state index contributed by atoms with van der Waals surface area (Å²) in [5.74, 6) is -2.43. The first-order valence-electron chi connectivity index (χ1n) is 3.75. The molecule has 1 rings (SSSR count). The Bertz CT molecular complexity index is 362. The maximum Gasteiger partial charge on any atom is 0.339 e. The second-order valence-electron chi connectivity index (χ2n) is 2.47. The van der Waals surface area contributed by atoms with E-state index in [2.05, 4.69) is 9.47 Å². The highest BCUT2D eigenvalue weighted by molar-refractivity contribution is 5.91. The lowest BCUT2D eigenvalue weighted by Gasteiger charge is -2.08. The minimum Gasteiger partial charge on any atom is -0.494 e. The van der Waals surface area contributed by atoms with Gasteiger partial charge in [-0.1, -0.05) is 0 Å². The molecule has 0 spiro atoms. The minimum absolute atomic E-state index is 0.0492. The van der Waals surface area contributed by atoms with Crippen molar-refractivity contribution in [1.29, 1.82) is 0 Å². The van der Waals surface area contributed by atoms with E-state index in [0.717, 1.165) is 0 Å². The van der Waals surface area contributed by atoms with Gasteiger partial charge in [-0.15, -0.1) is 0 Å². The summed E-state index contributed by atoms with van der Waals surface area (Å²) in [4.78, 5) is 10.6. The fourth-order valence-corrected chi connectivity index (χ4v) is 1.06. The molecule has 0 unspecified atom stereocenters. The summed E-state index contributed by atoms with van der Waals surface area (Å²) >= 11 is 0. The summed E-state index contributed by atoms with van der Waals surface area (Å²) in [6, 6.07) is 2.46. The van der Waals surface area contributed by atoms with E-state index >= 15 is 0 Å². The summed E-state index contributed by atoms with van der Waals surface area (Å²) in [7, 11) is 2.49. The highest BCUT2D eigenvalue weighted by Crippen LogP contribution is 2.29. The van der Waals surface area contributed by atoms with Gasteiger partial charge in [0.05, 0.1) is 14.2 Å². The summed E-state index contributed by atoms with van der Waals surface area (Å²) in [6.45, 7) is 0. The van der Waals surface area contributed by atoms with E-state index in [1.54, 1.807) is 0 Å². The normalized spacial score (nSPS) is 9.64. The highest BCUT2D eigenvalue weighted by atomic mass is 19.1. The molecule has 0 bridgehead atoms. The van der Waals surface area contributed by atoms with Crippen LogP contribution in [0.15, 0.2) is 12.1 Å². The predicted molar refractivity (Wildman–Crippen MR) is 46.5 cm³/mol. The van der Waals surface area contributed by atoms with Gasteiger partial charge in [0.2, 0.25) is 5.82 Å². The van der Waals surface area contributed by atoms with E-state index in [1.807, 2.05) is 0 Å². The molecule has 1 aromatic carbocycles. The van der Waals surface area contributed by atoms with Crippen molar-refractivity contribution in [3.8, 4) is 11.5 Å². The fraction of sp³-hybridized carbons (Fsp3) is 0.222. The molecule has 0 heterocycles. The molecule has 76 valence electrons. The lowest BCUT2D eigenvalue weighted by molar-refractivity contribution is 0.0692. The van der Waals surface area contributed by atoms with Crippen LogP contribution in [0.5, 0.6) is 11.5 Å². The molecule has 0 aliphatic heterocycles. The Labute approximate surface area is 79.9 Å². The van der Waals surface area contributed by atoms with E-state index < -0.39 is 11.8 Å². The van der Waals surface area contributed by atoms with Gasteiger partial charge < -0.3 is 14.6 Å². The van der Waals surface area contributed by atoms with E-state index in [-0.39, 0.29) is 17.1 Å². The average molecular weight is 200 g/mol. The predicted octanol–water partition coefficient (Wildman–Crippen LogP) is 1.54. The van der Waals surface area contributed by atoms with E-state index in [9.17, 15) is 9.18 Å². The Morgan fingerprint density at radius 1 is 1.36 bits per heavy atom. The zero-order valence-electron chi connectivity index (χ0n) is 7.70. The molecular formula is C9H9FO4. The lowest BCUT2D eigenvalue weighted by Crippen LogP contribution is -2.03. The van der Waals surface area contributed by atoms with E-state index in [0.29, 0.717) is 0 Å². The Morgan fingerprint density at radius 2 is 2.00 bits per heavy atom. The number of carboxylic acid groups (broad SMARTS) is 1. The summed E-state index contributed by atoms with van der Waals surface area (Å²) in [5.41, 5.74) is -0.231. The van der Waals surface area contributed by atoms with Crippen molar-refractivity contribution in [2.24, 2.45) is 0 Å². The Balaban J connectivity index is 3.35. The molecule has 0 aromatic heterocycles. The van der Waals surface area contributed by atoms with Crippen molar-refractivity contribution in [2.75, 3.05) is 14.2 Å². The highest BCUT2D eigenvalue weighted by Gasteiger charge is 2.18. The lowest BCUT2D eigenvalue weighted by atomic mass is 10.2. The van der Waals surface area contributed by atoms with Crippen molar-refractivity contribution < 1.29 is 23.8 Å². The van der Waals surface area contributed by atoms with E-state index in [4.69, 9.17) is 5.11 Å². The van der Waals surface area contributed by atoms with Crippen LogP contribution < -0.4 is 9.47 Å². The zero-order chi connectivity index (χ0) is 10.7. The van der Waals surface area contributed by atoms with Crippen LogP contribution >= 0.6 is 0 Å². The topological polar surface area (TPSA) is 55.8 Å². The molecule has 0 atom stereocenters. The van der Waals surface area contributed by atoms with Crippen LogP contribution in [-0.2, 0) is 0 Å². The number of halogens is 1. The summed E-state index contributed by atoms with van der Waals surface area (Å²) in [6.07, 6.45) is 0. The number of methoxy groups -OCH3 is 2. The number of rotatable bonds is 3. The number of benzene rings is 1. The second kappa shape index (κ2) is 3.95. The molecule has 14 heavy (non-hydrogen) atoms.